The number of hydrogen-bond acceptors (Lipinski definition) is 3. The molecule has 0 atom stereocenters. The summed E-state index contributed by atoms with van der Waals surface area (Å²) in [5.41, 5.74) is 8.55. The van der Waals surface area contributed by atoms with Gasteiger partial charge >= 0.3 is 0 Å². The molecule has 1 fully saturated rings. The van der Waals surface area contributed by atoms with E-state index in [4.69, 9.17) is 15.2 Å². The molecule has 0 aromatic heterocycles. The van der Waals surface area contributed by atoms with E-state index in [9.17, 15) is 0 Å². The van der Waals surface area contributed by atoms with Crippen LogP contribution < -0.4 is 10.5 Å². The molecule has 1 aliphatic carbocycles. The highest BCUT2D eigenvalue weighted by Crippen LogP contribution is 2.38. The minimum absolute atomic E-state index is 0.00285. The van der Waals surface area contributed by atoms with E-state index < -0.39 is 0 Å². The molecule has 0 unspecified atom stereocenters. The second kappa shape index (κ2) is 4.44. The molecule has 1 aliphatic rings. The van der Waals surface area contributed by atoms with Crippen LogP contribution in [0.5, 0.6) is 5.75 Å². The summed E-state index contributed by atoms with van der Waals surface area (Å²) >= 11 is 0. The van der Waals surface area contributed by atoms with E-state index in [1.807, 2.05) is 12.1 Å². The lowest BCUT2D eigenvalue weighted by Crippen LogP contribution is -2.25. The van der Waals surface area contributed by atoms with Gasteiger partial charge in [-0.1, -0.05) is 12.1 Å². The van der Waals surface area contributed by atoms with Gasteiger partial charge in [-0.15, -0.1) is 0 Å². The molecule has 1 aromatic rings. The topological polar surface area (TPSA) is 44.5 Å². The van der Waals surface area contributed by atoms with E-state index in [1.165, 1.54) is 11.1 Å². The monoisotopic (exact) mass is 221 g/mol. The number of nitrogens with two attached hydrogens (primary N) is 1. The highest BCUT2D eigenvalue weighted by atomic mass is 16.5. The summed E-state index contributed by atoms with van der Waals surface area (Å²) in [7, 11) is 3.41. The van der Waals surface area contributed by atoms with Crippen LogP contribution in [-0.2, 0) is 17.8 Å². The van der Waals surface area contributed by atoms with E-state index in [1.54, 1.807) is 14.2 Å². The predicted octanol–water partition coefficient (Wildman–Crippen LogP) is 1.88. The van der Waals surface area contributed by atoms with Crippen LogP contribution in [0.25, 0.3) is 0 Å². The molecule has 2 N–H and O–H groups in total. The number of hydrogen-bond donors (Lipinski definition) is 1. The highest BCUT2D eigenvalue weighted by Gasteiger charge is 2.39. The maximum absolute atomic E-state index is 6.17. The van der Waals surface area contributed by atoms with Gasteiger partial charge in [0.2, 0.25) is 0 Å². The lowest BCUT2D eigenvalue weighted by molar-refractivity contribution is 0.183. The lowest BCUT2D eigenvalue weighted by atomic mass is 9.98. The molecule has 88 valence electrons. The average Bonchev–Trinajstić information content (AvgIpc) is 2.99. The Hall–Kier alpha value is -1.06. The largest absolute Gasteiger partial charge is 0.496 e. The van der Waals surface area contributed by atoms with Crippen LogP contribution in [0.1, 0.15) is 24.0 Å². The van der Waals surface area contributed by atoms with E-state index >= 15 is 0 Å². The quantitative estimate of drug-likeness (QED) is 0.825. The van der Waals surface area contributed by atoms with Crippen LogP contribution in [0.4, 0.5) is 0 Å². The van der Waals surface area contributed by atoms with Gasteiger partial charge in [0.05, 0.1) is 13.7 Å². The van der Waals surface area contributed by atoms with Gasteiger partial charge in [-0.05, 0) is 30.9 Å². The van der Waals surface area contributed by atoms with E-state index in [0.29, 0.717) is 6.61 Å². The molecule has 3 heteroatoms. The zero-order valence-corrected chi connectivity index (χ0v) is 9.95. The molecule has 0 spiro atoms. The van der Waals surface area contributed by atoms with Gasteiger partial charge in [0.15, 0.2) is 0 Å². The van der Waals surface area contributed by atoms with Crippen LogP contribution in [-0.4, -0.2) is 19.8 Å². The maximum Gasteiger partial charge on any atom is 0.122 e. The molecule has 16 heavy (non-hydrogen) atoms. The van der Waals surface area contributed by atoms with Crippen molar-refractivity contribution in [2.75, 3.05) is 14.2 Å². The first-order valence-electron chi connectivity index (χ1n) is 5.61. The van der Waals surface area contributed by atoms with Crippen molar-refractivity contribution in [3.63, 3.8) is 0 Å². The van der Waals surface area contributed by atoms with Crippen molar-refractivity contribution in [2.45, 2.75) is 31.4 Å². The summed E-state index contributed by atoms with van der Waals surface area (Å²) in [6.07, 6.45) is 3.10. The van der Waals surface area contributed by atoms with Gasteiger partial charge in [-0.3, -0.25) is 0 Å². The van der Waals surface area contributed by atoms with Gasteiger partial charge in [0.25, 0.3) is 0 Å². The molecule has 3 nitrogen and oxygen atoms in total. The SMILES string of the molecule is COCc1cccc(OC)c1CC1(N)CC1. The molecule has 0 amide bonds. The Morgan fingerprint density at radius 2 is 2.06 bits per heavy atom. The summed E-state index contributed by atoms with van der Waals surface area (Å²) in [4.78, 5) is 0. The number of ether oxygens (including phenoxy) is 2. The van der Waals surface area contributed by atoms with Crippen molar-refractivity contribution < 1.29 is 9.47 Å². The summed E-state index contributed by atoms with van der Waals surface area (Å²) in [6, 6.07) is 6.06. The smallest absolute Gasteiger partial charge is 0.122 e. The van der Waals surface area contributed by atoms with Crippen LogP contribution in [0, 0.1) is 0 Å². The van der Waals surface area contributed by atoms with Crippen molar-refractivity contribution in [3.8, 4) is 5.75 Å². The normalized spacial score (nSPS) is 17.2. The second-order valence-electron chi connectivity index (χ2n) is 4.57. The number of methoxy groups -OCH3 is 2. The van der Waals surface area contributed by atoms with Crippen molar-refractivity contribution in [2.24, 2.45) is 5.73 Å². The zero-order chi connectivity index (χ0) is 11.6. The van der Waals surface area contributed by atoms with Crippen molar-refractivity contribution in [3.05, 3.63) is 29.3 Å². The van der Waals surface area contributed by atoms with Crippen LogP contribution in [0.15, 0.2) is 18.2 Å². The van der Waals surface area contributed by atoms with Crippen LogP contribution in [0.3, 0.4) is 0 Å². The molecule has 0 aliphatic heterocycles. The fourth-order valence-electron chi connectivity index (χ4n) is 1.98. The second-order valence-corrected chi connectivity index (χ2v) is 4.57. The maximum atomic E-state index is 6.17. The molecule has 0 saturated heterocycles. The van der Waals surface area contributed by atoms with E-state index in [-0.39, 0.29) is 5.54 Å². The molecule has 2 rings (SSSR count). The standard InChI is InChI=1S/C13H19NO2/c1-15-9-10-4-3-5-12(16-2)11(10)8-13(14)6-7-13/h3-5H,6-9,14H2,1-2H3. The highest BCUT2D eigenvalue weighted by molar-refractivity contribution is 5.42. The van der Waals surface area contributed by atoms with Gasteiger partial charge in [-0.25, -0.2) is 0 Å². The minimum Gasteiger partial charge on any atom is -0.496 e. The van der Waals surface area contributed by atoms with Gasteiger partial charge < -0.3 is 15.2 Å². The Morgan fingerprint density at radius 3 is 2.62 bits per heavy atom. The third-order valence-electron chi connectivity index (χ3n) is 3.17. The average molecular weight is 221 g/mol. The molecular formula is C13H19NO2. The van der Waals surface area contributed by atoms with E-state index in [2.05, 4.69) is 6.07 Å². The van der Waals surface area contributed by atoms with Crippen LogP contribution in [0.2, 0.25) is 0 Å². The van der Waals surface area contributed by atoms with Gasteiger partial charge in [0, 0.05) is 18.2 Å². The summed E-state index contributed by atoms with van der Waals surface area (Å²) in [6.45, 7) is 0.614. The fourth-order valence-corrected chi connectivity index (χ4v) is 1.98. The first-order chi connectivity index (χ1) is 7.68. The summed E-state index contributed by atoms with van der Waals surface area (Å²) in [5.74, 6) is 0.922. The Labute approximate surface area is 96.5 Å². The lowest BCUT2D eigenvalue weighted by Gasteiger charge is -2.16. The molecular weight excluding hydrogens is 202 g/mol. The molecule has 0 bridgehead atoms. The Bertz CT molecular complexity index is 372. The van der Waals surface area contributed by atoms with E-state index in [0.717, 1.165) is 25.0 Å². The van der Waals surface area contributed by atoms with Crippen LogP contribution >= 0.6 is 0 Å². The third-order valence-corrected chi connectivity index (χ3v) is 3.17. The van der Waals surface area contributed by atoms with Crippen molar-refractivity contribution >= 4 is 0 Å². The molecule has 0 radical (unpaired) electrons. The third kappa shape index (κ3) is 2.36. The zero-order valence-electron chi connectivity index (χ0n) is 9.95. The Kier molecular flexibility index (Phi) is 3.17. The fraction of sp³-hybridized carbons (Fsp3) is 0.538. The molecule has 1 aromatic carbocycles. The predicted molar refractivity (Wildman–Crippen MR) is 63.6 cm³/mol. The molecule has 0 heterocycles. The molecule has 1 saturated carbocycles. The van der Waals surface area contributed by atoms with Crippen molar-refractivity contribution in [1.82, 2.24) is 0 Å². The summed E-state index contributed by atoms with van der Waals surface area (Å²) < 4.78 is 10.6. The first kappa shape index (κ1) is 11.4. The summed E-state index contributed by atoms with van der Waals surface area (Å²) in [5, 5.41) is 0. The number of rotatable bonds is 5. The number of benzene rings is 1. The van der Waals surface area contributed by atoms with Gasteiger partial charge in [0.1, 0.15) is 5.75 Å². The van der Waals surface area contributed by atoms with Gasteiger partial charge in [-0.2, -0.15) is 0 Å². The van der Waals surface area contributed by atoms with Crippen molar-refractivity contribution in [1.29, 1.82) is 0 Å². The minimum atomic E-state index is -0.00285. The Balaban J connectivity index is 2.29. The Morgan fingerprint density at radius 1 is 1.31 bits per heavy atom. The first-order valence-corrected chi connectivity index (χ1v) is 5.61.